The minimum absolute atomic E-state index is 0.228. The molecule has 1 fully saturated rings. The zero-order valence-electron chi connectivity index (χ0n) is 13.1. The summed E-state index contributed by atoms with van der Waals surface area (Å²) in [7, 11) is 0. The van der Waals surface area contributed by atoms with Crippen molar-refractivity contribution >= 4 is 0 Å². The van der Waals surface area contributed by atoms with E-state index in [1.807, 2.05) is 6.07 Å². The first-order valence-corrected chi connectivity index (χ1v) is 7.98. The number of hydrogen-bond donors (Lipinski definition) is 1. The van der Waals surface area contributed by atoms with Gasteiger partial charge in [-0.2, -0.15) is 5.26 Å². The van der Waals surface area contributed by atoms with E-state index in [2.05, 4.69) is 49.5 Å². The van der Waals surface area contributed by atoms with Crippen molar-refractivity contribution < 1.29 is 4.74 Å². The van der Waals surface area contributed by atoms with Gasteiger partial charge in [0.2, 0.25) is 0 Å². The molecule has 1 aromatic rings. The van der Waals surface area contributed by atoms with E-state index in [9.17, 15) is 5.26 Å². The Hall–Kier alpha value is -1.37. The van der Waals surface area contributed by atoms with Gasteiger partial charge in [-0.1, -0.05) is 30.3 Å². The molecule has 1 aliphatic rings. The SMILES string of the molecule is CC(C)NC1(C#N)CCC(OCCCc2ccccc2)C1. The van der Waals surface area contributed by atoms with Crippen molar-refractivity contribution in [2.75, 3.05) is 6.61 Å². The third-order valence-corrected chi connectivity index (χ3v) is 4.05. The molecule has 0 amide bonds. The minimum atomic E-state index is -0.377. The quantitative estimate of drug-likeness (QED) is 0.781. The van der Waals surface area contributed by atoms with Gasteiger partial charge in [0, 0.05) is 19.1 Å². The normalized spacial score (nSPS) is 25.1. The van der Waals surface area contributed by atoms with Gasteiger partial charge in [-0.25, -0.2) is 0 Å². The van der Waals surface area contributed by atoms with Crippen LogP contribution in [0.2, 0.25) is 0 Å². The molecule has 0 spiro atoms. The molecule has 3 heteroatoms. The third kappa shape index (κ3) is 4.84. The summed E-state index contributed by atoms with van der Waals surface area (Å²) in [5.41, 5.74) is 0.985. The minimum Gasteiger partial charge on any atom is -0.378 e. The van der Waals surface area contributed by atoms with Crippen LogP contribution in [0.1, 0.15) is 45.1 Å². The van der Waals surface area contributed by atoms with Crippen LogP contribution in [0.4, 0.5) is 0 Å². The molecule has 2 rings (SSSR count). The van der Waals surface area contributed by atoms with E-state index in [-0.39, 0.29) is 11.6 Å². The van der Waals surface area contributed by atoms with Gasteiger partial charge in [0.1, 0.15) is 5.54 Å². The first kappa shape index (κ1) is 16.0. The summed E-state index contributed by atoms with van der Waals surface area (Å²) in [5.74, 6) is 0. The summed E-state index contributed by atoms with van der Waals surface area (Å²) in [5, 5.41) is 12.8. The maximum atomic E-state index is 9.44. The Labute approximate surface area is 128 Å². The Bertz CT molecular complexity index is 466. The van der Waals surface area contributed by atoms with Crippen LogP contribution < -0.4 is 5.32 Å². The van der Waals surface area contributed by atoms with Gasteiger partial charge in [-0.3, -0.25) is 5.32 Å². The molecule has 1 aliphatic carbocycles. The lowest BCUT2D eigenvalue weighted by atomic mass is 9.98. The highest BCUT2D eigenvalue weighted by Gasteiger charge is 2.40. The zero-order chi connectivity index (χ0) is 15.1. The van der Waals surface area contributed by atoms with Crippen molar-refractivity contribution in [1.29, 1.82) is 5.26 Å². The molecular formula is C18H26N2O. The van der Waals surface area contributed by atoms with Crippen molar-refractivity contribution in [1.82, 2.24) is 5.32 Å². The zero-order valence-corrected chi connectivity index (χ0v) is 13.1. The third-order valence-electron chi connectivity index (χ3n) is 4.05. The van der Waals surface area contributed by atoms with Gasteiger partial charge in [0.15, 0.2) is 0 Å². The highest BCUT2D eigenvalue weighted by molar-refractivity contribution is 5.14. The molecule has 1 aromatic carbocycles. The molecule has 2 atom stereocenters. The molecule has 114 valence electrons. The number of nitrogens with one attached hydrogen (secondary N) is 1. The van der Waals surface area contributed by atoms with Gasteiger partial charge in [-0.15, -0.1) is 0 Å². The number of rotatable bonds is 7. The fraction of sp³-hybridized carbons (Fsp3) is 0.611. The van der Waals surface area contributed by atoms with Crippen LogP contribution in [-0.2, 0) is 11.2 Å². The first-order chi connectivity index (χ1) is 10.1. The van der Waals surface area contributed by atoms with Crippen LogP contribution in [0.25, 0.3) is 0 Å². The summed E-state index contributed by atoms with van der Waals surface area (Å²) in [6.45, 7) is 4.96. The Morgan fingerprint density at radius 3 is 2.81 bits per heavy atom. The van der Waals surface area contributed by atoms with E-state index in [1.54, 1.807) is 0 Å². The monoisotopic (exact) mass is 286 g/mol. The van der Waals surface area contributed by atoms with Gasteiger partial charge < -0.3 is 4.74 Å². The van der Waals surface area contributed by atoms with Gasteiger partial charge >= 0.3 is 0 Å². The summed E-state index contributed by atoms with van der Waals surface area (Å²) >= 11 is 0. The number of ether oxygens (including phenoxy) is 1. The van der Waals surface area contributed by atoms with E-state index >= 15 is 0 Å². The van der Waals surface area contributed by atoms with Crippen LogP contribution in [0.5, 0.6) is 0 Å². The average molecular weight is 286 g/mol. The number of nitriles is 1. The molecule has 2 unspecified atom stereocenters. The predicted molar refractivity (Wildman–Crippen MR) is 85.0 cm³/mol. The maximum absolute atomic E-state index is 9.44. The van der Waals surface area contributed by atoms with Crippen LogP contribution in [0, 0.1) is 11.3 Å². The molecule has 3 nitrogen and oxygen atoms in total. The van der Waals surface area contributed by atoms with Crippen LogP contribution in [0.15, 0.2) is 30.3 Å². The van der Waals surface area contributed by atoms with E-state index in [0.717, 1.165) is 38.7 Å². The molecule has 21 heavy (non-hydrogen) atoms. The Balaban J connectivity index is 1.70. The summed E-state index contributed by atoms with van der Waals surface area (Å²) < 4.78 is 5.97. The standard InChI is InChI=1S/C18H26N2O/c1-15(2)20-18(14-19)11-10-17(13-18)21-12-6-9-16-7-4-3-5-8-16/h3-5,7-8,15,17,20H,6,9-13H2,1-2H3. The predicted octanol–water partition coefficient (Wildman–Crippen LogP) is 3.45. The molecule has 0 aromatic heterocycles. The summed E-state index contributed by atoms with van der Waals surface area (Å²) in [6, 6.07) is 13.3. The molecule has 0 bridgehead atoms. The number of hydrogen-bond acceptors (Lipinski definition) is 3. The van der Waals surface area contributed by atoms with E-state index in [0.29, 0.717) is 6.04 Å². The van der Waals surface area contributed by atoms with E-state index < -0.39 is 0 Å². The molecule has 0 heterocycles. The number of nitrogens with zero attached hydrogens (tertiary/aromatic N) is 1. The topological polar surface area (TPSA) is 45.0 Å². The fourth-order valence-corrected chi connectivity index (χ4v) is 3.13. The second-order valence-corrected chi connectivity index (χ2v) is 6.32. The number of benzene rings is 1. The molecule has 1 saturated carbocycles. The van der Waals surface area contributed by atoms with Gasteiger partial charge in [0.05, 0.1) is 12.2 Å². The van der Waals surface area contributed by atoms with Crippen molar-refractivity contribution in [3.8, 4) is 6.07 Å². The summed E-state index contributed by atoms with van der Waals surface area (Å²) in [6.07, 6.45) is 5.02. The second kappa shape index (κ2) is 7.59. The summed E-state index contributed by atoms with van der Waals surface area (Å²) in [4.78, 5) is 0. The highest BCUT2D eigenvalue weighted by atomic mass is 16.5. The molecular weight excluding hydrogens is 260 g/mol. The van der Waals surface area contributed by atoms with Crippen molar-refractivity contribution in [3.63, 3.8) is 0 Å². The largest absolute Gasteiger partial charge is 0.378 e. The van der Waals surface area contributed by atoms with Crippen molar-refractivity contribution in [3.05, 3.63) is 35.9 Å². The molecule has 1 N–H and O–H groups in total. The van der Waals surface area contributed by atoms with E-state index in [4.69, 9.17) is 4.74 Å². The lowest BCUT2D eigenvalue weighted by molar-refractivity contribution is 0.0529. The molecule has 0 saturated heterocycles. The lowest BCUT2D eigenvalue weighted by Crippen LogP contribution is -2.45. The smallest absolute Gasteiger partial charge is 0.109 e. The Kier molecular flexibility index (Phi) is 5.78. The number of aryl methyl sites for hydroxylation is 1. The van der Waals surface area contributed by atoms with E-state index in [1.165, 1.54) is 5.56 Å². The second-order valence-electron chi connectivity index (χ2n) is 6.32. The van der Waals surface area contributed by atoms with Crippen LogP contribution in [-0.4, -0.2) is 24.3 Å². The average Bonchev–Trinajstić information content (AvgIpc) is 2.88. The van der Waals surface area contributed by atoms with Crippen LogP contribution >= 0.6 is 0 Å². The van der Waals surface area contributed by atoms with Gasteiger partial charge in [-0.05, 0) is 45.1 Å². The Morgan fingerprint density at radius 2 is 2.14 bits per heavy atom. The van der Waals surface area contributed by atoms with Crippen molar-refractivity contribution in [2.45, 2.75) is 63.6 Å². The molecule has 0 aliphatic heterocycles. The van der Waals surface area contributed by atoms with Gasteiger partial charge in [0.25, 0.3) is 0 Å². The Morgan fingerprint density at radius 1 is 1.38 bits per heavy atom. The lowest BCUT2D eigenvalue weighted by Gasteiger charge is -2.25. The maximum Gasteiger partial charge on any atom is 0.109 e. The fourth-order valence-electron chi connectivity index (χ4n) is 3.13. The first-order valence-electron chi connectivity index (χ1n) is 7.98. The molecule has 0 radical (unpaired) electrons. The highest BCUT2D eigenvalue weighted by Crippen LogP contribution is 2.32. The van der Waals surface area contributed by atoms with Crippen LogP contribution in [0.3, 0.4) is 0 Å². The van der Waals surface area contributed by atoms with Crippen molar-refractivity contribution in [2.24, 2.45) is 0 Å².